The van der Waals surface area contributed by atoms with Crippen LogP contribution in [-0.2, 0) is 11.4 Å². The number of anilines is 1. The van der Waals surface area contributed by atoms with Crippen LogP contribution in [0.1, 0.15) is 25.0 Å². The van der Waals surface area contributed by atoms with E-state index in [0.29, 0.717) is 32.8 Å². The number of nitriles is 1. The van der Waals surface area contributed by atoms with Crippen LogP contribution >= 0.6 is 23.2 Å². The van der Waals surface area contributed by atoms with Crippen molar-refractivity contribution in [3.63, 3.8) is 0 Å². The molecule has 3 aromatic carbocycles. The Morgan fingerprint density at radius 3 is 2.48 bits per heavy atom. The molecule has 0 bridgehead atoms. The monoisotopic (exact) mass is 480 g/mol. The minimum atomic E-state index is -0.503. The van der Waals surface area contributed by atoms with E-state index in [0.717, 1.165) is 5.56 Å². The van der Waals surface area contributed by atoms with Crippen LogP contribution < -0.4 is 14.8 Å². The van der Waals surface area contributed by atoms with Gasteiger partial charge in [-0.1, -0.05) is 47.5 Å². The molecule has 0 fully saturated rings. The lowest BCUT2D eigenvalue weighted by atomic mass is 10.1. The number of amides is 1. The molecule has 0 spiro atoms. The lowest BCUT2D eigenvalue weighted by Gasteiger charge is -2.11. The normalized spacial score (nSPS) is 11.1. The molecule has 1 amide bonds. The number of halogens is 2. The Kier molecular flexibility index (Phi) is 8.37. The molecular weight excluding hydrogens is 459 g/mol. The Labute approximate surface area is 203 Å². The van der Waals surface area contributed by atoms with Gasteiger partial charge in [-0.25, -0.2) is 0 Å². The summed E-state index contributed by atoms with van der Waals surface area (Å²) in [6, 6.07) is 21.3. The lowest BCUT2D eigenvalue weighted by molar-refractivity contribution is -0.112. The number of benzene rings is 3. The fourth-order valence-electron chi connectivity index (χ4n) is 2.89. The minimum Gasteiger partial charge on any atom is -0.491 e. The molecule has 168 valence electrons. The predicted octanol–water partition coefficient (Wildman–Crippen LogP) is 6.91. The summed E-state index contributed by atoms with van der Waals surface area (Å²) in [5, 5.41) is 13.3. The van der Waals surface area contributed by atoms with Gasteiger partial charge in [-0.05, 0) is 61.9 Å². The molecule has 0 aromatic heterocycles. The minimum absolute atomic E-state index is 0.0145. The van der Waals surface area contributed by atoms with Crippen LogP contribution in [0, 0.1) is 11.3 Å². The maximum atomic E-state index is 12.6. The molecule has 33 heavy (non-hydrogen) atoms. The number of hydrogen-bond acceptors (Lipinski definition) is 4. The molecule has 0 saturated heterocycles. The van der Waals surface area contributed by atoms with Gasteiger partial charge in [0.2, 0.25) is 0 Å². The van der Waals surface area contributed by atoms with Crippen molar-refractivity contribution in [3.8, 4) is 17.6 Å². The number of hydrogen-bond donors (Lipinski definition) is 1. The van der Waals surface area contributed by atoms with Gasteiger partial charge < -0.3 is 14.8 Å². The second-order valence-corrected chi connectivity index (χ2v) is 8.26. The molecule has 0 heterocycles. The predicted molar refractivity (Wildman–Crippen MR) is 132 cm³/mol. The molecule has 0 aliphatic heterocycles. The van der Waals surface area contributed by atoms with Gasteiger partial charge >= 0.3 is 0 Å². The Morgan fingerprint density at radius 1 is 1.06 bits per heavy atom. The zero-order valence-electron chi connectivity index (χ0n) is 18.1. The Morgan fingerprint density at radius 2 is 1.82 bits per heavy atom. The molecule has 7 heteroatoms. The number of carbonyl (C=O) groups excluding carboxylic acids is 1. The van der Waals surface area contributed by atoms with Crippen LogP contribution in [0.15, 0.2) is 72.3 Å². The van der Waals surface area contributed by atoms with E-state index in [-0.39, 0.29) is 18.3 Å². The number of nitrogens with one attached hydrogen (secondary N) is 1. The summed E-state index contributed by atoms with van der Waals surface area (Å²) < 4.78 is 11.4. The average molecular weight is 481 g/mol. The van der Waals surface area contributed by atoms with Crippen LogP contribution in [-0.4, -0.2) is 12.0 Å². The topological polar surface area (TPSA) is 71.3 Å². The second-order valence-electron chi connectivity index (χ2n) is 7.41. The van der Waals surface area contributed by atoms with Gasteiger partial charge in [-0.3, -0.25) is 4.79 Å². The Hall–Kier alpha value is -3.46. The van der Waals surface area contributed by atoms with Crippen LogP contribution in [0.25, 0.3) is 6.08 Å². The van der Waals surface area contributed by atoms with E-state index in [1.54, 1.807) is 60.7 Å². The van der Waals surface area contributed by atoms with Crippen molar-refractivity contribution >= 4 is 40.9 Å². The highest BCUT2D eigenvalue weighted by Gasteiger charge is 2.11. The maximum absolute atomic E-state index is 12.6. The fourth-order valence-corrected chi connectivity index (χ4v) is 3.36. The van der Waals surface area contributed by atoms with E-state index in [1.165, 1.54) is 6.08 Å². The zero-order chi connectivity index (χ0) is 23.8. The number of carbonyl (C=O) groups is 1. The third kappa shape index (κ3) is 7.28. The lowest BCUT2D eigenvalue weighted by Crippen LogP contribution is -2.13. The molecule has 0 saturated carbocycles. The Balaban J connectivity index is 1.64. The quantitative estimate of drug-likeness (QED) is 0.281. The SMILES string of the molecule is CC(C)Oc1cccc(NC(=O)/C(C#N)=C\c2ccc(OCc3ccc(Cl)cc3Cl)cc2)c1. The molecule has 3 rings (SSSR count). The van der Waals surface area contributed by atoms with Crippen molar-refractivity contribution in [1.82, 2.24) is 0 Å². The molecule has 0 radical (unpaired) electrons. The highest BCUT2D eigenvalue weighted by molar-refractivity contribution is 6.35. The maximum Gasteiger partial charge on any atom is 0.266 e. The number of rotatable bonds is 8. The van der Waals surface area contributed by atoms with Crippen molar-refractivity contribution in [1.29, 1.82) is 5.26 Å². The van der Waals surface area contributed by atoms with E-state index in [1.807, 2.05) is 26.0 Å². The van der Waals surface area contributed by atoms with Gasteiger partial charge in [0.1, 0.15) is 29.7 Å². The largest absolute Gasteiger partial charge is 0.491 e. The van der Waals surface area contributed by atoms with Gasteiger partial charge in [-0.15, -0.1) is 0 Å². The summed E-state index contributed by atoms with van der Waals surface area (Å²) in [6.07, 6.45) is 1.53. The summed E-state index contributed by atoms with van der Waals surface area (Å²) >= 11 is 12.1. The molecule has 5 nitrogen and oxygen atoms in total. The van der Waals surface area contributed by atoms with E-state index >= 15 is 0 Å². The van der Waals surface area contributed by atoms with Gasteiger partial charge in [0.05, 0.1) is 6.10 Å². The van der Waals surface area contributed by atoms with Crippen molar-refractivity contribution in [3.05, 3.63) is 93.5 Å². The van der Waals surface area contributed by atoms with Crippen LogP contribution in [0.3, 0.4) is 0 Å². The molecule has 0 unspecified atom stereocenters. The molecule has 0 aliphatic rings. The smallest absolute Gasteiger partial charge is 0.266 e. The van der Waals surface area contributed by atoms with Crippen LogP contribution in [0.5, 0.6) is 11.5 Å². The third-order valence-corrected chi connectivity index (χ3v) is 5.02. The van der Waals surface area contributed by atoms with Crippen molar-refractivity contribution in [2.45, 2.75) is 26.6 Å². The molecule has 3 aromatic rings. The summed E-state index contributed by atoms with van der Waals surface area (Å²) in [5.74, 6) is 0.765. The van der Waals surface area contributed by atoms with Crippen LogP contribution in [0.2, 0.25) is 10.0 Å². The van der Waals surface area contributed by atoms with Gasteiger partial charge in [-0.2, -0.15) is 5.26 Å². The summed E-state index contributed by atoms with van der Waals surface area (Å²) in [5.41, 5.74) is 2.03. The molecule has 1 N–H and O–H groups in total. The van der Waals surface area contributed by atoms with E-state index < -0.39 is 5.91 Å². The molecule has 0 atom stereocenters. The van der Waals surface area contributed by atoms with Gasteiger partial charge in [0.15, 0.2) is 0 Å². The van der Waals surface area contributed by atoms with E-state index in [2.05, 4.69) is 5.32 Å². The number of ether oxygens (including phenoxy) is 2. The van der Waals surface area contributed by atoms with Crippen molar-refractivity contribution in [2.24, 2.45) is 0 Å². The summed E-state index contributed by atoms with van der Waals surface area (Å²) in [4.78, 5) is 12.6. The van der Waals surface area contributed by atoms with Gasteiger partial charge in [0.25, 0.3) is 5.91 Å². The second kappa shape index (κ2) is 11.4. The number of nitrogens with zero attached hydrogens (tertiary/aromatic N) is 1. The van der Waals surface area contributed by atoms with E-state index in [4.69, 9.17) is 32.7 Å². The highest BCUT2D eigenvalue weighted by atomic mass is 35.5. The van der Waals surface area contributed by atoms with Crippen molar-refractivity contribution < 1.29 is 14.3 Å². The third-order valence-electron chi connectivity index (χ3n) is 4.43. The first-order valence-corrected chi connectivity index (χ1v) is 11.0. The van der Waals surface area contributed by atoms with Crippen molar-refractivity contribution in [2.75, 3.05) is 5.32 Å². The first-order valence-electron chi connectivity index (χ1n) is 10.2. The summed E-state index contributed by atoms with van der Waals surface area (Å²) in [7, 11) is 0. The van der Waals surface area contributed by atoms with E-state index in [9.17, 15) is 10.1 Å². The fraction of sp³-hybridized carbons (Fsp3) is 0.154. The van der Waals surface area contributed by atoms with Crippen LogP contribution in [0.4, 0.5) is 5.69 Å². The first-order chi connectivity index (χ1) is 15.8. The molecule has 0 aliphatic carbocycles. The zero-order valence-corrected chi connectivity index (χ0v) is 19.7. The Bertz CT molecular complexity index is 1200. The molecular formula is C26H22Cl2N2O3. The first kappa shape index (κ1) is 24.2. The highest BCUT2D eigenvalue weighted by Crippen LogP contribution is 2.23. The standard InChI is InChI=1S/C26H22Cl2N2O3/c1-17(2)33-24-5-3-4-22(14-24)30-26(31)20(15-29)12-18-6-10-23(11-7-18)32-16-19-8-9-21(27)13-25(19)28/h3-14,17H,16H2,1-2H3,(H,30,31)/b20-12-. The average Bonchev–Trinajstić information content (AvgIpc) is 2.77. The van der Waals surface area contributed by atoms with Gasteiger partial charge in [0, 0.05) is 27.4 Å². The summed E-state index contributed by atoms with van der Waals surface area (Å²) in [6.45, 7) is 4.13.